The molecule has 2 fully saturated rings. The quantitative estimate of drug-likeness (QED) is 0.438. The molecule has 11 heteroatoms. The molecule has 6 rings (SSSR count). The molecule has 2 aliphatic rings. The van der Waals surface area contributed by atoms with E-state index < -0.39 is 23.8 Å². The van der Waals surface area contributed by atoms with E-state index in [0.29, 0.717) is 46.4 Å². The number of nitrogens with zero attached hydrogens (tertiary/aromatic N) is 4. The summed E-state index contributed by atoms with van der Waals surface area (Å²) in [5.74, 6) is -1.42. The Morgan fingerprint density at radius 2 is 2.15 bits per heavy atom. The van der Waals surface area contributed by atoms with Gasteiger partial charge in [-0.05, 0) is 26.7 Å². The third-order valence-corrected chi connectivity index (χ3v) is 6.90. The number of ether oxygens (including phenoxy) is 1. The average molecular weight is 487 g/mol. The number of anilines is 1. The van der Waals surface area contributed by atoms with Crippen molar-refractivity contribution in [3.63, 3.8) is 0 Å². The number of aromatic amines is 1. The first kappa shape index (κ1) is 21.4. The van der Waals surface area contributed by atoms with Gasteiger partial charge in [-0.3, -0.25) is 14.9 Å². The molecule has 0 radical (unpaired) electrons. The Morgan fingerprint density at radius 3 is 2.85 bits per heavy atom. The lowest BCUT2D eigenvalue weighted by molar-refractivity contribution is -0.117. The van der Waals surface area contributed by atoms with E-state index in [1.165, 1.54) is 6.20 Å². The number of hydrogen-bond acceptors (Lipinski definition) is 5. The fourth-order valence-corrected chi connectivity index (χ4v) is 5.04. The van der Waals surface area contributed by atoms with Crippen molar-refractivity contribution in [2.45, 2.75) is 44.4 Å². The lowest BCUT2D eigenvalue weighted by Gasteiger charge is -2.17. The molecular weight excluding hydrogens is 466 g/mol. The molecule has 4 aromatic rings. The molecule has 0 spiro atoms. The maximum atomic E-state index is 15.7. The molecule has 1 aromatic carbocycles. The van der Waals surface area contributed by atoms with Gasteiger partial charge in [-0.15, -0.1) is 0 Å². The Hall–Kier alpha value is -3.11. The van der Waals surface area contributed by atoms with E-state index in [9.17, 15) is 9.18 Å². The highest BCUT2D eigenvalue weighted by Crippen LogP contribution is 2.45. The molecule has 176 valence electrons. The van der Waals surface area contributed by atoms with Crippen molar-refractivity contribution < 1.29 is 18.3 Å². The second-order valence-electron chi connectivity index (χ2n) is 9.56. The number of amides is 1. The molecule has 1 aliphatic carbocycles. The molecule has 3 aromatic heterocycles. The van der Waals surface area contributed by atoms with E-state index in [2.05, 4.69) is 25.5 Å². The molecule has 1 saturated carbocycles. The number of imidazole rings is 1. The molecule has 2 N–H and O–H groups in total. The summed E-state index contributed by atoms with van der Waals surface area (Å²) in [4.78, 5) is 20.8. The van der Waals surface area contributed by atoms with E-state index in [1.54, 1.807) is 23.0 Å². The molecule has 0 bridgehead atoms. The summed E-state index contributed by atoms with van der Waals surface area (Å²) in [6.07, 6.45) is 6.15. The van der Waals surface area contributed by atoms with Gasteiger partial charge in [-0.2, -0.15) is 5.10 Å². The lowest BCUT2D eigenvalue weighted by Crippen LogP contribution is -2.16. The second-order valence-corrected chi connectivity index (χ2v) is 9.94. The number of alkyl halides is 1. The van der Waals surface area contributed by atoms with Crippen molar-refractivity contribution >= 4 is 39.9 Å². The summed E-state index contributed by atoms with van der Waals surface area (Å²) in [7, 11) is 0. The predicted molar refractivity (Wildman–Crippen MR) is 122 cm³/mol. The van der Waals surface area contributed by atoms with Gasteiger partial charge < -0.3 is 14.5 Å². The van der Waals surface area contributed by atoms with Gasteiger partial charge in [0, 0.05) is 28.6 Å². The number of carbonyl (C=O) groups is 1. The standard InChI is InChI=1S/C23H21ClF2N6O2/c1-23(2)4-10(9-34-23)17-20(26)19(24)18(12-5-28-31-21(12)17)14-7-32-8-15(29-16(32)6-27-14)30-22(33)11-3-13(11)25/h5-8,10-11,13H,3-4,9H2,1-2H3,(H,28,31)(H,30,33). The zero-order valence-electron chi connectivity index (χ0n) is 18.4. The van der Waals surface area contributed by atoms with Gasteiger partial charge in [0.05, 0.1) is 52.9 Å². The average Bonchev–Trinajstić information content (AvgIpc) is 3.11. The number of fused-ring (bicyclic) bond motifs is 2. The number of H-pyrrole nitrogens is 1. The van der Waals surface area contributed by atoms with Crippen LogP contribution >= 0.6 is 11.6 Å². The Balaban J connectivity index is 1.41. The zero-order chi connectivity index (χ0) is 23.8. The number of nitrogens with one attached hydrogen (secondary N) is 2. The minimum atomic E-state index is -1.09. The maximum Gasteiger partial charge on any atom is 0.231 e. The van der Waals surface area contributed by atoms with Crippen molar-refractivity contribution in [1.82, 2.24) is 24.6 Å². The Labute approximate surface area is 197 Å². The normalized spacial score (nSPS) is 23.6. The van der Waals surface area contributed by atoms with Gasteiger partial charge in [-0.25, -0.2) is 13.8 Å². The summed E-state index contributed by atoms with van der Waals surface area (Å²) in [5.41, 5.74) is 1.97. The highest BCUT2D eigenvalue weighted by molar-refractivity contribution is 6.35. The maximum absolute atomic E-state index is 15.7. The SMILES string of the molecule is CC1(C)CC(c2c(F)c(Cl)c(-c3cn4cc(NC(=O)C5CC5F)nc4cn3)c3cn[nH]c23)CO1. The number of halogens is 3. The summed E-state index contributed by atoms with van der Waals surface area (Å²) in [6.45, 7) is 4.35. The fraction of sp³-hybridized carbons (Fsp3) is 0.391. The van der Waals surface area contributed by atoms with Crippen LogP contribution in [0.1, 0.15) is 38.2 Å². The molecule has 34 heavy (non-hydrogen) atoms. The van der Waals surface area contributed by atoms with Gasteiger partial charge in [0.15, 0.2) is 11.5 Å². The second kappa shape index (κ2) is 7.44. The van der Waals surface area contributed by atoms with Crippen LogP contribution < -0.4 is 5.32 Å². The summed E-state index contributed by atoms with van der Waals surface area (Å²) < 4.78 is 36.3. The van der Waals surface area contributed by atoms with Crippen LogP contribution in [-0.4, -0.2) is 48.9 Å². The highest BCUT2D eigenvalue weighted by Gasteiger charge is 2.44. The Morgan fingerprint density at radius 1 is 1.35 bits per heavy atom. The van der Waals surface area contributed by atoms with Crippen molar-refractivity contribution in [1.29, 1.82) is 0 Å². The van der Waals surface area contributed by atoms with E-state index in [-0.39, 0.29) is 28.8 Å². The molecular formula is C23H21ClF2N6O2. The fourth-order valence-electron chi connectivity index (χ4n) is 4.74. The molecule has 3 unspecified atom stereocenters. The van der Waals surface area contributed by atoms with Crippen LogP contribution in [0.5, 0.6) is 0 Å². The third kappa shape index (κ3) is 3.43. The van der Waals surface area contributed by atoms with Crippen LogP contribution in [0, 0.1) is 11.7 Å². The summed E-state index contributed by atoms with van der Waals surface area (Å²) in [5, 5.41) is 10.3. The first-order valence-corrected chi connectivity index (χ1v) is 11.4. The predicted octanol–water partition coefficient (Wildman–Crippen LogP) is 4.64. The van der Waals surface area contributed by atoms with E-state index in [0.717, 1.165) is 0 Å². The summed E-state index contributed by atoms with van der Waals surface area (Å²) in [6, 6.07) is 0. The van der Waals surface area contributed by atoms with Crippen LogP contribution in [0.25, 0.3) is 27.8 Å². The minimum Gasteiger partial charge on any atom is -0.375 e. The largest absolute Gasteiger partial charge is 0.375 e. The van der Waals surface area contributed by atoms with E-state index in [4.69, 9.17) is 16.3 Å². The van der Waals surface area contributed by atoms with Gasteiger partial charge in [-0.1, -0.05) is 11.6 Å². The number of hydrogen-bond donors (Lipinski definition) is 2. The van der Waals surface area contributed by atoms with Crippen LogP contribution in [0.3, 0.4) is 0 Å². The zero-order valence-corrected chi connectivity index (χ0v) is 19.2. The van der Waals surface area contributed by atoms with Crippen LogP contribution in [0.4, 0.5) is 14.6 Å². The molecule has 3 atom stereocenters. The number of benzene rings is 1. The van der Waals surface area contributed by atoms with Gasteiger partial charge in [0.25, 0.3) is 0 Å². The minimum absolute atomic E-state index is 0.0446. The monoisotopic (exact) mass is 486 g/mol. The Bertz CT molecular complexity index is 1460. The molecule has 1 amide bonds. The molecule has 1 aliphatic heterocycles. The van der Waals surface area contributed by atoms with E-state index in [1.807, 2.05) is 13.8 Å². The lowest BCUT2D eigenvalue weighted by atomic mass is 9.88. The van der Waals surface area contributed by atoms with Gasteiger partial charge >= 0.3 is 0 Å². The number of aromatic nitrogens is 5. The van der Waals surface area contributed by atoms with Crippen molar-refractivity contribution in [3.8, 4) is 11.3 Å². The van der Waals surface area contributed by atoms with Gasteiger partial charge in [0.1, 0.15) is 12.0 Å². The topological polar surface area (TPSA) is 97.2 Å². The first-order chi connectivity index (χ1) is 16.2. The molecule has 8 nitrogen and oxygen atoms in total. The number of carbonyl (C=O) groups excluding carboxylic acids is 1. The van der Waals surface area contributed by atoms with E-state index >= 15 is 4.39 Å². The molecule has 1 saturated heterocycles. The van der Waals surface area contributed by atoms with Crippen molar-refractivity contribution in [2.75, 3.05) is 11.9 Å². The first-order valence-electron chi connectivity index (χ1n) is 11.0. The van der Waals surface area contributed by atoms with Crippen LogP contribution in [-0.2, 0) is 9.53 Å². The van der Waals surface area contributed by atoms with Crippen LogP contribution in [0.15, 0.2) is 24.8 Å². The summed E-state index contributed by atoms with van der Waals surface area (Å²) >= 11 is 6.58. The number of rotatable bonds is 4. The van der Waals surface area contributed by atoms with Crippen molar-refractivity contribution in [2.24, 2.45) is 5.92 Å². The van der Waals surface area contributed by atoms with Gasteiger partial charge in [0.2, 0.25) is 5.91 Å². The van der Waals surface area contributed by atoms with Crippen LogP contribution in [0.2, 0.25) is 5.02 Å². The molecule has 4 heterocycles. The van der Waals surface area contributed by atoms with Crippen molar-refractivity contribution in [3.05, 3.63) is 41.2 Å². The smallest absolute Gasteiger partial charge is 0.231 e. The highest BCUT2D eigenvalue weighted by atomic mass is 35.5. The Kier molecular flexibility index (Phi) is 4.69. The third-order valence-electron chi connectivity index (χ3n) is 6.55.